The van der Waals surface area contributed by atoms with Gasteiger partial charge in [0.15, 0.2) is 0 Å². The Morgan fingerprint density at radius 3 is 2.08 bits per heavy atom. The molecule has 0 aliphatic carbocycles. The molecule has 1 heteroatoms. The second-order valence-electron chi connectivity index (χ2n) is 2.64. The summed E-state index contributed by atoms with van der Waals surface area (Å²) in [6.45, 7) is 0. The summed E-state index contributed by atoms with van der Waals surface area (Å²) in [7, 11) is 0. The van der Waals surface area contributed by atoms with Crippen molar-refractivity contribution in [1.29, 1.82) is 0 Å². The van der Waals surface area contributed by atoms with Gasteiger partial charge in [0.25, 0.3) is 0 Å². The van der Waals surface area contributed by atoms with Crippen LogP contribution in [0.15, 0.2) is 54.6 Å². The summed E-state index contributed by atoms with van der Waals surface area (Å²) < 4.78 is 0. The molecule has 0 saturated carbocycles. The van der Waals surface area contributed by atoms with E-state index in [1.807, 2.05) is 36.4 Å². The molecule has 2 aromatic carbocycles. The summed E-state index contributed by atoms with van der Waals surface area (Å²) >= 11 is 0. The van der Waals surface area contributed by atoms with E-state index in [1.54, 1.807) is 0 Å². The minimum Gasteiger partial charge on any atom is -0.147 e. The van der Waals surface area contributed by atoms with Gasteiger partial charge in [-0.05, 0) is 0 Å². The van der Waals surface area contributed by atoms with E-state index in [1.165, 1.54) is 5.56 Å². The normalized spacial score (nSPS) is 8.92. The Morgan fingerprint density at radius 1 is 0.769 bits per heavy atom. The first-order valence-electron chi connectivity index (χ1n) is 3.99. The largest absolute Gasteiger partial charge is 2.00 e. The molecule has 0 saturated heterocycles. The summed E-state index contributed by atoms with van der Waals surface area (Å²) in [5, 5.41) is 0. The average Bonchev–Trinajstić information content (AvgIpc) is 2.21. The van der Waals surface area contributed by atoms with Crippen molar-refractivity contribution in [3.63, 3.8) is 0 Å². The minimum atomic E-state index is 0. The molecule has 0 amide bonds. The third kappa shape index (κ3) is 2.52. The molecule has 2 rings (SSSR count). The van der Waals surface area contributed by atoms with E-state index in [4.69, 9.17) is 0 Å². The average molecular weight is 260 g/mol. The van der Waals surface area contributed by atoms with Gasteiger partial charge >= 0.3 is 20.4 Å². The third-order valence-corrected chi connectivity index (χ3v) is 1.79. The molecule has 0 aliphatic rings. The molecule has 2 aromatic rings. The van der Waals surface area contributed by atoms with Crippen molar-refractivity contribution in [2.45, 2.75) is 0 Å². The quantitative estimate of drug-likeness (QED) is 0.545. The monoisotopic (exact) mass is 259 g/mol. The van der Waals surface area contributed by atoms with Gasteiger partial charge in [0.2, 0.25) is 0 Å². The molecule has 0 fully saturated rings. The van der Waals surface area contributed by atoms with Crippen LogP contribution in [-0.4, -0.2) is 0 Å². The molecule has 13 heavy (non-hydrogen) atoms. The van der Waals surface area contributed by atoms with Crippen LogP contribution in [0.1, 0.15) is 0 Å². The summed E-state index contributed by atoms with van der Waals surface area (Å²) in [6.07, 6.45) is 0. The molecule has 0 bridgehead atoms. The van der Waals surface area contributed by atoms with Crippen LogP contribution in [0.2, 0.25) is 0 Å². The van der Waals surface area contributed by atoms with Crippen LogP contribution < -0.4 is 0 Å². The molecule has 0 nitrogen and oxygen atoms in total. The maximum Gasteiger partial charge on any atom is 2.00 e. The maximum atomic E-state index is 3.18. The molecule has 0 aromatic heterocycles. The topological polar surface area (TPSA) is 0 Å². The SMILES string of the molecule is [Pd+2].[c-]1ccccc1-c1ccccc1. The molecule has 0 radical (unpaired) electrons. The second kappa shape index (κ2) is 4.97. The Labute approximate surface area is 92.3 Å². The zero-order chi connectivity index (χ0) is 8.23. The van der Waals surface area contributed by atoms with Crippen molar-refractivity contribution in [2.75, 3.05) is 0 Å². The fraction of sp³-hybridized carbons (Fsp3) is 0. The smallest absolute Gasteiger partial charge is 0.147 e. The van der Waals surface area contributed by atoms with E-state index in [9.17, 15) is 0 Å². The van der Waals surface area contributed by atoms with Gasteiger partial charge in [-0.25, -0.2) is 0 Å². The van der Waals surface area contributed by atoms with Gasteiger partial charge < -0.3 is 0 Å². The Kier molecular flexibility index (Phi) is 3.89. The second-order valence-corrected chi connectivity index (χ2v) is 2.64. The molecule has 0 heterocycles. The van der Waals surface area contributed by atoms with Gasteiger partial charge in [0.1, 0.15) is 0 Å². The van der Waals surface area contributed by atoms with Crippen molar-refractivity contribution in [3.05, 3.63) is 60.7 Å². The predicted molar refractivity (Wildman–Crippen MR) is 50.7 cm³/mol. The Balaban J connectivity index is 0.000000845. The molecule has 0 aliphatic heterocycles. The van der Waals surface area contributed by atoms with E-state index in [0.717, 1.165) is 5.56 Å². The first-order chi connectivity index (χ1) is 5.97. The Hall–Kier alpha value is -0.898. The maximum absolute atomic E-state index is 3.18. The molecule has 0 spiro atoms. The number of rotatable bonds is 1. The molecule has 0 N–H and O–H groups in total. The number of hydrogen-bond acceptors (Lipinski definition) is 0. The fourth-order valence-electron chi connectivity index (χ4n) is 1.19. The van der Waals surface area contributed by atoms with E-state index in [2.05, 4.69) is 24.3 Å². The number of hydrogen-bond donors (Lipinski definition) is 0. The van der Waals surface area contributed by atoms with Gasteiger partial charge in [-0.15, -0.1) is 35.9 Å². The van der Waals surface area contributed by atoms with E-state index >= 15 is 0 Å². The zero-order valence-electron chi connectivity index (χ0n) is 7.01. The van der Waals surface area contributed by atoms with Crippen molar-refractivity contribution >= 4 is 0 Å². The molecule has 0 atom stereocenters. The van der Waals surface area contributed by atoms with Crippen LogP contribution >= 0.6 is 0 Å². The summed E-state index contributed by atoms with van der Waals surface area (Å²) in [5.41, 5.74) is 2.37. The van der Waals surface area contributed by atoms with Crippen LogP contribution in [0, 0.1) is 6.07 Å². The standard InChI is InChI=1S/C12H9.Pd/c1-3-7-11(8-4-1)12-9-5-2-6-10-12;/h1-9H;/q-1;+2. The van der Waals surface area contributed by atoms with Crippen molar-refractivity contribution in [2.24, 2.45) is 0 Å². The van der Waals surface area contributed by atoms with E-state index < -0.39 is 0 Å². The van der Waals surface area contributed by atoms with Gasteiger partial charge in [-0.1, -0.05) is 35.9 Å². The van der Waals surface area contributed by atoms with E-state index in [0.29, 0.717) is 0 Å². The summed E-state index contributed by atoms with van der Waals surface area (Å²) in [6, 6.07) is 21.5. The van der Waals surface area contributed by atoms with Crippen molar-refractivity contribution < 1.29 is 20.4 Å². The summed E-state index contributed by atoms with van der Waals surface area (Å²) in [5.74, 6) is 0. The molecular weight excluding hydrogens is 251 g/mol. The van der Waals surface area contributed by atoms with Crippen LogP contribution in [0.5, 0.6) is 0 Å². The minimum absolute atomic E-state index is 0. The van der Waals surface area contributed by atoms with Gasteiger partial charge in [0.05, 0.1) is 0 Å². The van der Waals surface area contributed by atoms with Gasteiger partial charge in [-0.3, -0.25) is 0 Å². The van der Waals surface area contributed by atoms with Crippen LogP contribution in [0.3, 0.4) is 0 Å². The first kappa shape index (κ1) is 10.2. The van der Waals surface area contributed by atoms with Crippen LogP contribution in [-0.2, 0) is 20.4 Å². The first-order valence-corrected chi connectivity index (χ1v) is 3.99. The molecule has 66 valence electrons. The van der Waals surface area contributed by atoms with Crippen molar-refractivity contribution in [1.82, 2.24) is 0 Å². The van der Waals surface area contributed by atoms with Crippen LogP contribution in [0.4, 0.5) is 0 Å². The fourth-order valence-corrected chi connectivity index (χ4v) is 1.19. The van der Waals surface area contributed by atoms with Gasteiger partial charge in [-0.2, -0.15) is 0 Å². The van der Waals surface area contributed by atoms with Gasteiger partial charge in [0, 0.05) is 0 Å². The Bertz CT molecular complexity index is 303. The van der Waals surface area contributed by atoms with E-state index in [-0.39, 0.29) is 20.4 Å². The Morgan fingerprint density at radius 2 is 1.46 bits per heavy atom. The van der Waals surface area contributed by atoms with Crippen molar-refractivity contribution in [3.8, 4) is 11.1 Å². The molecular formula is C12H9Pd+. The predicted octanol–water partition coefficient (Wildman–Crippen LogP) is 3.15. The zero-order valence-corrected chi connectivity index (χ0v) is 8.57. The summed E-state index contributed by atoms with van der Waals surface area (Å²) in [4.78, 5) is 0. The number of benzene rings is 2. The van der Waals surface area contributed by atoms with Crippen LogP contribution in [0.25, 0.3) is 11.1 Å². The molecule has 0 unspecified atom stereocenters. The third-order valence-electron chi connectivity index (χ3n) is 1.79.